The molecule has 0 atom stereocenters. The number of nitro groups is 1. The van der Waals surface area contributed by atoms with Gasteiger partial charge in [-0.3, -0.25) is 19.6 Å². The van der Waals surface area contributed by atoms with Gasteiger partial charge >= 0.3 is 6.18 Å². The molecule has 0 radical (unpaired) electrons. The molecule has 0 saturated heterocycles. The predicted octanol–water partition coefficient (Wildman–Crippen LogP) is 3.00. The van der Waals surface area contributed by atoms with Gasteiger partial charge in [-0.15, -0.1) is 0 Å². The maximum Gasteiger partial charge on any atom is 0.433 e. The van der Waals surface area contributed by atoms with Crippen LogP contribution in [0.4, 0.5) is 24.5 Å². The Morgan fingerprint density at radius 2 is 2.08 bits per heavy atom. The third-order valence-corrected chi connectivity index (χ3v) is 3.13. The molecule has 1 aromatic carbocycles. The van der Waals surface area contributed by atoms with E-state index in [0.717, 1.165) is 13.1 Å². The monoisotopic (exact) mass is 358 g/mol. The normalized spacial score (nSPS) is 11.2. The zero-order valence-corrected chi connectivity index (χ0v) is 13.1. The van der Waals surface area contributed by atoms with Gasteiger partial charge in [-0.1, -0.05) is 0 Å². The average Bonchev–Trinajstić information content (AvgIpc) is 2.91. The van der Waals surface area contributed by atoms with Crippen LogP contribution < -0.4 is 10.1 Å². The summed E-state index contributed by atoms with van der Waals surface area (Å²) in [6.45, 7) is 1.98. The van der Waals surface area contributed by atoms with Crippen molar-refractivity contribution in [2.24, 2.45) is 7.05 Å². The Balaban J connectivity index is 2.30. The van der Waals surface area contributed by atoms with E-state index in [9.17, 15) is 28.1 Å². The van der Waals surface area contributed by atoms with Crippen LogP contribution in [-0.4, -0.2) is 27.2 Å². The minimum atomic E-state index is -4.68. The summed E-state index contributed by atoms with van der Waals surface area (Å²) < 4.78 is 43.9. The third kappa shape index (κ3) is 4.05. The van der Waals surface area contributed by atoms with Crippen molar-refractivity contribution in [2.75, 3.05) is 11.9 Å². The topological polar surface area (TPSA) is 99.3 Å². The van der Waals surface area contributed by atoms with E-state index in [-0.39, 0.29) is 18.0 Å². The Labute approximate surface area is 139 Å². The van der Waals surface area contributed by atoms with Crippen molar-refractivity contribution in [1.82, 2.24) is 9.78 Å². The average molecular weight is 358 g/mol. The molecule has 0 aliphatic heterocycles. The van der Waals surface area contributed by atoms with E-state index >= 15 is 0 Å². The number of aromatic nitrogens is 2. The first kappa shape index (κ1) is 18.2. The number of amides is 1. The number of aryl methyl sites for hydroxylation is 1. The highest BCUT2D eigenvalue weighted by Crippen LogP contribution is 2.31. The summed E-state index contributed by atoms with van der Waals surface area (Å²) in [5, 5.41) is 16.8. The molecule has 1 N–H and O–H groups in total. The number of halogens is 3. The minimum absolute atomic E-state index is 0.183. The number of nitro benzene ring substituents is 1. The van der Waals surface area contributed by atoms with E-state index in [1.54, 1.807) is 6.92 Å². The summed E-state index contributed by atoms with van der Waals surface area (Å²) in [5.74, 6) is -0.775. The lowest BCUT2D eigenvalue weighted by Gasteiger charge is -2.07. The van der Waals surface area contributed by atoms with Crippen LogP contribution in [0.1, 0.15) is 23.1 Å². The smallest absolute Gasteiger partial charge is 0.433 e. The molecule has 134 valence electrons. The van der Waals surface area contributed by atoms with Crippen LogP contribution in [0.3, 0.4) is 0 Å². The van der Waals surface area contributed by atoms with Crippen LogP contribution in [0.25, 0.3) is 0 Å². The van der Waals surface area contributed by atoms with Crippen LogP contribution in [0.5, 0.6) is 5.75 Å². The fraction of sp³-hybridized carbons (Fsp3) is 0.286. The number of rotatable bonds is 5. The van der Waals surface area contributed by atoms with Gasteiger partial charge in [0.15, 0.2) is 5.69 Å². The largest absolute Gasteiger partial charge is 0.494 e. The number of anilines is 1. The molecule has 1 aromatic heterocycles. The third-order valence-electron chi connectivity index (χ3n) is 3.13. The number of ether oxygens (including phenoxy) is 1. The first-order valence-corrected chi connectivity index (χ1v) is 6.97. The summed E-state index contributed by atoms with van der Waals surface area (Å²) in [5.41, 5.74) is -2.26. The number of nitrogens with zero attached hydrogens (tertiary/aromatic N) is 3. The SMILES string of the molecule is CCOc1ccc(NC(=O)c2cc(C(F)(F)F)n(C)n2)c([N+](=O)[O-])c1. The van der Waals surface area contributed by atoms with Crippen molar-refractivity contribution >= 4 is 17.3 Å². The van der Waals surface area contributed by atoms with Gasteiger partial charge in [-0.05, 0) is 19.1 Å². The van der Waals surface area contributed by atoms with Crippen LogP contribution >= 0.6 is 0 Å². The molecule has 0 spiro atoms. The van der Waals surface area contributed by atoms with E-state index in [0.29, 0.717) is 10.7 Å². The molecule has 0 saturated carbocycles. The molecular weight excluding hydrogens is 345 g/mol. The second kappa shape index (κ2) is 6.79. The standard InChI is InChI=1S/C14H13F3N4O4/c1-3-25-8-4-5-9(11(6-8)21(23)24)18-13(22)10-7-12(14(15,16)17)20(2)19-10/h4-7H,3H2,1-2H3,(H,18,22). The van der Waals surface area contributed by atoms with E-state index < -0.39 is 34.1 Å². The Morgan fingerprint density at radius 3 is 2.60 bits per heavy atom. The van der Waals surface area contributed by atoms with Crippen LogP contribution in [0.15, 0.2) is 24.3 Å². The number of alkyl halides is 3. The Bertz CT molecular complexity index is 817. The van der Waals surface area contributed by atoms with Gasteiger partial charge in [0.05, 0.1) is 17.6 Å². The second-order valence-electron chi connectivity index (χ2n) is 4.86. The van der Waals surface area contributed by atoms with E-state index in [1.807, 2.05) is 0 Å². The Morgan fingerprint density at radius 1 is 1.40 bits per heavy atom. The summed E-state index contributed by atoms with van der Waals surface area (Å²) in [4.78, 5) is 22.5. The van der Waals surface area contributed by atoms with Gasteiger partial charge in [0.25, 0.3) is 11.6 Å². The first-order valence-electron chi connectivity index (χ1n) is 6.97. The van der Waals surface area contributed by atoms with Crippen LogP contribution in [-0.2, 0) is 13.2 Å². The lowest BCUT2D eigenvalue weighted by Crippen LogP contribution is -2.14. The quantitative estimate of drug-likeness (QED) is 0.654. The molecular formula is C14H13F3N4O4. The number of hydrogen-bond acceptors (Lipinski definition) is 5. The molecule has 0 unspecified atom stereocenters. The molecule has 8 nitrogen and oxygen atoms in total. The van der Waals surface area contributed by atoms with Gasteiger partial charge in [0.2, 0.25) is 0 Å². The molecule has 0 aliphatic rings. The highest BCUT2D eigenvalue weighted by Gasteiger charge is 2.35. The van der Waals surface area contributed by atoms with Crippen molar-refractivity contribution in [3.63, 3.8) is 0 Å². The zero-order chi connectivity index (χ0) is 18.8. The summed E-state index contributed by atoms with van der Waals surface area (Å²) in [6.07, 6.45) is -4.68. The van der Waals surface area contributed by atoms with Crippen molar-refractivity contribution in [2.45, 2.75) is 13.1 Å². The summed E-state index contributed by atoms with van der Waals surface area (Å²) >= 11 is 0. The van der Waals surface area contributed by atoms with Crippen molar-refractivity contribution in [3.8, 4) is 5.75 Å². The van der Waals surface area contributed by atoms with E-state index in [1.165, 1.54) is 12.1 Å². The van der Waals surface area contributed by atoms with Crippen LogP contribution in [0.2, 0.25) is 0 Å². The number of carbonyl (C=O) groups is 1. The van der Waals surface area contributed by atoms with Gasteiger partial charge in [-0.2, -0.15) is 18.3 Å². The van der Waals surface area contributed by atoms with Crippen molar-refractivity contribution in [3.05, 3.63) is 45.8 Å². The fourth-order valence-corrected chi connectivity index (χ4v) is 2.05. The molecule has 0 bridgehead atoms. The molecule has 1 amide bonds. The Kier molecular flexibility index (Phi) is 4.95. The Hall–Kier alpha value is -3.11. The number of hydrogen-bond donors (Lipinski definition) is 1. The van der Waals surface area contributed by atoms with Gasteiger partial charge in [0, 0.05) is 13.1 Å². The fourth-order valence-electron chi connectivity index (χ4n) is 2.05. The summed E-state index contributed by atoms with van der Waals surface area (Å²) in [6, 6.07) is 4.30. The first-order chi connectivity index (χ1) is 11.6. The predicted molar refractivity (Wildman–Crippen MR) is 80.4 cm³/mol. The molecule has 1 heterocycles. The molecule has 0 aliphatic carbocycles. The van der Waals surface area contributed by atoms with E-state index in [2.05, 4.69) is 10.4 Å². The number of carbonyl (C=O) groups excluding carboxylic acids is 1. The lowest BCUT2D eigenvalue weighted by atomic mass is 10.2. The molecule has 2 aromatic rings. The highest BCUT2D eigenvalue weighted by molar-refractivity contribution is 6.04. The van der Waals surface area contributed by atoms with E-state index in [4.69, 9.17) is 4.74 Å². The lowest BCUT2D eigenvalue weighted by molar-refractivity contribution is -0.384. The molecule has 11 heteroatoms. The highest BCUT2D eigenvalue weighted by atomic mass is 19.4. The van der Waals surface area contributed by atoms with Gasteiger partial charge in [-0.25, -0.2) is 0 Å². The second-order valence-corrected chi connectivity index (χ2v) is 4.86. The minimum Gasteiger partial charge on any atom is -0.494 e. The van der Waals surface area contributed by atoms with Crippen molar-refractivity contribution in [1.29, 1.82) is 0 Å². The van der Waals surface area contributed by atoms with Gasteiger partial charge < -0.3 is 10.1 Å². The number of nitrogens with one attached hydrogen (secondary N) is 1. The zero-order valence-electron chi connectivity index (χ0n) is 13.1. The van der Waals surface area contributed by atoms with Crippen molar-refractivity contribution < 1.29 is 27.6 Å². The maximum atomic E-state index is 12.7. The summed E-state index contributed by atoms with van der Waals surface area (Å²) in [7, 11) is 1.04. The molecule has 2 rings (SSSR count). The van der Waals surface area contributed by atoms with Gasteiger partial charge in [0.1, 0.15) is 17.1 Å². The van der Waals surface area contributed by atoms with Crippen LogP contribution in [0, 0.1) is 10.1 Å². The maximum absolute atomic E-state index is 12.7. The number of benzene rings is 1. The molecule has 25 heavy (non-hydrogen) atoms. The molecule has 0 fully saturated rings.